The quantitative estimate of drug-likeness (QED) is 0.238. The first-order valence-corrected chi connectivity index (χ1v) is 8.15. The van der Waals surface area contributed by atoms with Gasteiger partial charge in [-0.25, -0.2) is 0 Å². The van der Waals surface area contributed by atoms with Crippen LogP contribution in [0.1, 0.15) is 105 Å². The molecule has 0 atom stereocenters. The molecule has 0 fully saturated rings. The summed E-state index contributed by atoms with van der Waals surface area (Å²) in [6.45, 7) is 2.80. The van der Waals surface area contributed by atoms with Crippen molar-refractivity contribution in [3.63, 3.8) is 0 Å². The molecule has 0 aromatic carbocycles. The molecule has 122 valence electrons. The van der Waals surface area contributed by atoms with Gasteiger partial charge in [0.25, 0.3) is 0 Å². The van der Waals surface area contributed by atoms with E-state index in [0.717, 1.165) is 25.7 Å². The standard InChI is InChI=1S/C18H38O2/c1-3-4-5-6-7-8-9-10-11-12-13-14-15-16-17-20-18-19-2/h3-18H2,1-2H3/i4D2,9D2,10D2. The van der Waals surface area contributed by atoms with Crippen LogP contribution in [0.25, 0.3) is 0 Å². The van der Waals surface area contributed by atoms with E-state index in [2.05, 4.69) is 0 Å². The first-order chi connectivity index (χ1) is 12.1. The molecule has 0 amide bonds. The minimum Gasteiger partial charge on any atom is -0.359 e. The highest BCUT2D eigenvalue weighted by Crippen LogP contribution is 2.12. The normalized spacial score (nSPS) is 17.7. The lowest BCUT2D eigenvalue weighted by atomic mass is 10.0. The lowest BCUT2D eigenvalue weighted by molar-refractivity contribution is -0.0315. The number of hydrogen-bond donors (Lipinski definition) is 0. The SMILES string of the molecule is [2H]C([2H])(CC)CCCCC([2H])([2H])C([2H])([2H])CCCCCCCOCOC. The lowest BCUT2D eigenvalue weighted by Crippen LogP contribution is -1.98. The van der Waals surface area contributed by atoms with Gasteiger partial charge in [-0.15, -0.1) is 0 Å². The highest BCUT2D eigenvalue weighted by molar-refractivity contribution is 4.49. The highest BCUT2D eigenvalue weighted by atomic mass is 16.7. The Bertz CT molecular complexity index is 351. The van der Waals surface area contributed by atoms with Gasteiger partial charge in [0.2, 0.25) is 0 Å². The van der Waals surface area contributed by atoms with Crippen LogP contribution in [0, 0.1) is 0 Å². The fourth-order valence-corrected chi connectivity index (χ4v) is 1.91. The Morgan fingerprint density at radius 3 is 1.75 bits per heavy atom. The van der Waals surface area contributed by atoms with Crippen LogP contribution >= 0.6 is 0 Å². The maximum absolute atomic E-state index is 8.10. The predicted octanol–water partition coefficient (Wildman–Crippen LogP) is 6.09. The van der Waals surface area contributed by atoms with E-state index >= 15 is 0 Å². The zero-order chi connectivity index (χ0) is 20.1. The molecule has 0 aromatic heterocycles. The first kappa shape index (κ1) is 11.5. The van der Waals surface area contributed by atoms with E-state index in [-0.39, 0.29) is 12.8 Å². The maximum Gasteiger partial charge on any atom is 0.146 e. The molecule has 0 aliphatic heterocycles. The molecule has 0 aliphatic carbocycles. The van der Waals surface area contributed by atoms with Crippen molar-refractivity contribution in [3.8, 4) is 0 Å². The van der Waals surface area contributed by atoms with Gasteiger partial charge in [0, 0.05) is 21.9 Å². The molecule has 0 N–H and O–H groups in total. The molecule has 20 heavy (non-hydrogen) atoms. The molecule has 2 heteroatoms. The van der Waals surface area contributed by atoms with Gasteiger partial charge < -0.3 is 9.47 Å². The van der Waals surface area contributed by atoms with Gasteiger partial charge in [-0.05, 0) is 6.42 Å². The summed E-state index contributed by atoms with van der Waals surface area (Å²) in [4.78, 5) is 0. The summed E-state index contributed by atoms with van der Waals surface area (Å²) in [6, 6.07) is 0. The Morgan fingerprint density at radius 1 is 0.700 bits per heavy atom. The molecule has 0 rings (SSSR count). The first-order valence-electron chi connectivity index (χ1n) is 11.1. The van der Waals surface area contributed by atoms with Crippen LogP contribution in [0.3, 0.4) is 0 Å². The van der Waals surface area contributed by atoms with E-state index < -0.39 is 19.1 Å². The summed E-state index contributed by atoms with van der Waals surface area (Å²) < 4.78 is 57.8. The Kier molecular flexibility index (Phi) is 10.9. The molecule has 0 spiro atoms. The topological polar surface area (TPSA) is 18.5 Å². The third kappa shape index (κ3) is 17.9. The van der Waals surface area contributed by atoms with Gasteiger partial charge >= 0.3 is 0 Å². The fourth-order valence-electron chi connectivity index (χ4n) is 1.91. The van der Waals surface area contributed by atoms with E-state index in [1.807, 2.05) is 6.92 Å². The van der Waals surface area contributed by atoms with Crippen molar-refractivity contribution in [3.05, 3.63) is 0 Å². The van der Waals surface area contributed by atoms with Gasteiger partial charge in [-0.1, -0.05) is 90.3 Å². The second-order valence-electron chi connectivity index (χ2n) is 5.00. The highest BCUT2D eigenvalue weighted by Gasteiger charge is 1.94. The third-order valence-corrected chi connectivity index (χ3v) is 3.07. The molecular formula is C18H38O2. The molecule has 0 aliphatic rings. The Labute approximate surface area is 136 Å². The fraction of sp³-hybridized carbons (Fsp3) is 1.00. The van der Waals surface area contributed by atoms with Crippen molar-refractivity contribution in [1.29, 1.82) is 0 Å². The molecule has 0 radical (unpaired) electrons. The van der Waals surface area contributed by atoms with E-state index in [4.69, 9.17) is 17.7 Å². The summed E-state index contributed by atoms with van der Waals surface area (Å²) in [5.41, 5.74) is 0. The zero-order valence-electron chi connectivity index (χ0n) is 19.5. The van der Waals surface area contributed by atoms with Crippen molar-refractivity contribution in [2.45, 2.75) is 96.7 Å². The van der Waals surface area contributed by atoms with Crippen molar-refractivity contribution in [1.82, 2.24) is 0 Å². The molecule has 0 unspecified atom stereocenters. The van der Waals surface area contributed by atoms with Crippen LogP contribution < -0.4 is 0 Å². The number of rotatable bonds is 17. The number of unbranched alkanes of at least 4 members (excludes halogenated alkanes) is 5. The van der Waals surface area contributed by atoms with E-state index in [1.165, 1.54) is 0 Å². The smallest absolute Gasteiger partial charge is 0.146 e. The third-order valence-electron chi connectivity index (χ3n) is 3.07. The molecule has 0 saturated carbocycles. The number of hydrogen-bond acceptors (Lipinski definition) is 2. The molecule has 2 nitrogen and oxygen atoms in total. The molecule has 0 bridgehead atoms. The predicted molar refractivity (Wildman–Crippen MR) is 88.1 cm³/mol. The number of methoxy groups -OCH3 is 1. The zero-order valence-corrected chi connectivity index (χ0v) is 13.5. The molecule has 0 saturated heterocycles. The van der Waals surface area contributed by atoms with Crippen molar-refractivity contribution in [2.75, 3.05) is 20.5 Å². The van der Waals surface area contributed by atoms with E-state index in [0.29, 0.717) is 45.5 Å². The summed E-state index contributed by atoms with van der Waals surface area (Å²) in [7, 11) is 1.59. The van der Waals surface area contributed by atoms with Crippen LogP contribution in [-0.2, 0) is 9.47 Å². The minimum atomic E-state index is -1.86. The monoisotopic (exact) mass is 292 g/mol. The van der Waals surface area contributed by atoms with E-state index in [1.54, 1.807) is 7.11 Å². The van der Waals surface area contributed by atoms with Gasteiger partial charge in [0.05, 0.1) is 0 Å². The summed E-state index contributed by atoms with van der Waals surface area (Å²) in [6.07, 6.45) is 2.06. The summed E-state index contributed by atoms with van der Waals surface area (Å²) in [5.74, 6) is 0. The second-order valence-corrected chi connectivity index (χ2v) is 5.00. The van der Waals surface area contributed by atoms with Gasteiger partial charge in [0.1, 0.15) is 6.79 Å². The molecule has 0 heterocycles. The van der Waals surface area contributed by atoms with Gasteiger partial charge in [-0.2, -0.15) is 0 Å². The van der Waals surface area contributed by atoms with Gasteiger partial charge in [-0.3, -0.25) is 0 Å². The Morgan fingerprint density at radius 2 is 1.20 bits per heavy atom. The molecular weight excluding hydrogens is 248 g/mol. The average Bonchev–Trinajstić information content (AvgIpc) is 2.57. The maximum atomic E-state index is 8.10. The van der Waals surface area contributed by atoms with Crippen molar-refractivity contribution in [2.24, 2.45) is 0 Å². The largest absolute Gasteiger partial charge is 0.359 e. The average molecular weight is 293 g/mol. The Balaban J connectivity index is 3.92. The van der Waals surface area contributed by atoms with E-state index in [9.17, 15) is 0 Å². The van der Waals surface area contributed by atoms with Crippen LogP contribution in [0.2, 0.25) is 0 Å². The van der Waals surface area contributed by atoms with Crippen LogP contribution in [0.5, 0.6) is 0 Å². The van der Waals surface area contributed by atoms with Crippen LogP contribution in [-0.4, -0.2) is 20.5 Å². The number of ether oxygens (including phenoxy) is 2. The summed E-state index contributed by atoms with van der Waals surface area (Å²) >= 11 is 0. The Hall–Kier alpha value is -0.0800. The second kappa shape index (κ2) is 18.9. The summed E-state index contributed by atoms with van der Waals surface area (Å²) in [5, 5.41) is 0. The van der Waals surface area contributed by atoms with Crippen LogP contribution in [0.15, 0.2) is 0 Å². The minimum absolute atomic E-state index is 0.149. The van der Waals surface area contributed by atoms with Gasteiger partial charge in [0.15, 0.2) is 0 Å². The van der Waals surface area contributed by atoms with Crippen LogP contribution in [0.4, 0.5) is 0 Å². The lowest BCUT2D eigenvalue weighted by Gasteiger charge is -2.04. The molecule has 0 aromatic rings. The van der Waals surface area contributed by atoms with Crippen molar-refractivity contribution < 1.29 is 17.7 Å². The van der Waals surface area contributed by atoms with Crippen molar-refractivity contribution >= 4 is 0 Å².